The molecule has 1 aromatic carbocycles. The third-order valence-electron chi connectivity index (χ3n) is 6.03. The minimum absolute atomic E-state index is 0.119. The van der Waals surface area contributed by atoms with E-state index in [0.29, 0.717) is 37.7 Å². The number of piperidine rings is 1. The molecule has 9 nitrogen and oxygen atoms in total. The summed E-state index contributed by atoms with van der Waals surface area (Å²) in [4.78, 5) is 20.6. The summed E-state index contributed by atoms with van der Waals surface area (Å²) in [5.74, 6) is -0.222. The number of anilines is 2. The van der Waals surface area contributed by atoms with Gasteiger partial charge in [0, 0.05) is 44.0 Å². The number of ether oxygens (including phenoxy) is 1. The molecule has 33 heavy (non-hydrogen) atoms. The normalized spacial score (nSPS) is 18.0. The van der Waals surface area contributed by atoms with Gasteiger partial charge in [-0.05, 0) is 37.5 Å². The van der Waals surface area contributed by atoms with E-state index in [2.05, 4.69) is 15.2 Å². The molecule has 2 aliphatic heterocycles. The Morgan fingerprint density at radius 2 is 1.91 bits per heavy atom. The van der Waals surface area contributed by atoms with E-state index in [0.717, 1.165) is 36.6 Å². The quantitative estimate of drug-likeness (QED) is 0.572. The standard InChI is InChI=1S/C22H27N5O4S2/c28-21(14-17-16-26-10-13-32-22(26)23-17)24-19-15-18(33(29,30)27-8-11-31-12-9-27)4-5-20(19)25-6-2-1-3-7-25/h4-5,10,13,15-16H,1-3,6-9,11-12,14H2,(H,24,28). The largest absolute Gasteiger partial charge is 0.379 e. The van der Waals surface area contributed by atoms with E-state index >= 15 is 0 Å². The van der Waals surface area contributed by atoms with Gasteiger partial charge in [0.05, 0.1) is 41.6 Å². The first-order chi connectivity index (χ1) is 16.0. The molecule has 1 N–H and O–H groups in total. The number of fused-ring (bicyclic) bond motifs is 1. The van der Waals surface area contributed by atoms with E-state index < -0.39 is 10.0 Å². The number of aromatic nitrogens is 2. The summed E-state index contributed by atoms with van der Waals surface area (Å²) in [5.41, 5.74) is 2.06. The Labute approximate surface area is 197 Å². The van der Waals surface area contributed by atoms with Crippen LogP contribution in [0.5, 0.6) is 0 Å². The van der Waals surface area contributed by atoms with Gasteiger partial charge in [-0.25, -0.2) is 13.4 Å². The number of hydrogen-bond acceptors (Lipinski definition) is 7. The van der Waals surface area contributed by atoms with Crippen molar-refractivity contribution in [3.8, 4) is 0 Å². The molecule has 0 atom stereocenters. The van der Waals surface area contributed by atoms with Crippen LogP contribution in [0.3, 0.4) is 0 Å². The number of benzene rings is 1. The number of morpholine rings is 1. The first-order valence-corrected chi connectivity index (χ1v) is 13.5. The van der Waals surface area contributed by atoms with Crippen LogP contribution in [0.15, 0.2) is 40.9 Å². The zero-order valence-corrected chi connectivity index (χ0v) is 19.9. The van der Waals surface area contributed by atoms with Crippen LogP contribution in [0.1, 0.15) is 25.0 Å². The number of hydrogen-bond donors (Lipinski definition) is 1. The molecule has 2 aliphatic rings. The molecule has 1 amide bonds. The fraction of sp³-hybridized carbons (Fsp3) is 0.455. The SMILES string of the molecule is O=C(Cc1cn2ccsc2n1)Nc1cc(S(=O)(=O)N2CCOCC2)ccc1N1CCCCC1. The van der Waals surface area contributed by atoms with Gasteiger partial charge in [-0.2, -0.15) is 4.31 Å². The number of sulfonamides is 1. The van der Waals surface area contributed by atoms with Crippen molar-refractivity contribution in [3.05, 3.63) is 41.7 Å². The lowest BCUT2D eigenvalue weighted by atomic mass is 10.1. The zero-order valence-electron chi connectivity index (χ0n) is 18.3. The number of carbonyl (C=O) groups is 1. The number of nitrogens with one attached hydrogen (secondary N) is 1. The predicted octanol–water partition coefficient (Wildman–Crippen LogP) is 2.59. The number of nitrogens with zero attached hydrogens (tertiary/aromatic N) is 4. The van der Waals surface area contributed by atoms with Crippen molar-refractivity contribution in [2.75, 3.05) is 49.6 Å². The molecule has 5 rings (SSSR count). The van der Waals surface area contributed by atoms with Gasteiger partial charge in [-0.1, -0.05) is 0 Å². The summed E-state index contributed by atoms with van der Waals surface area (Å²) in [6.45, 7) is 3.20. The fourth-order valence-electron chi connectivity index (χ4n) is 4.34. The van der Waals surface area contributed by atoms with Crippen LogP contribution in [0.2, 0.25) is 0 Å². The van der Waals surface area contributed by atoms with Gasteiger partial charge in [0.2, 0.25) is 15.9 Å². The second-order valence-electron chi connectivity index (χ2n) is 8.29. The lowest BCUT2D eigenvalue weighted by Gasteiger charge is -2.31. The summed E-state index contributed by atoms with van der Waals surface area (Å²) < 4.78 is 35.0. The molecule has 0 radical (unpaired) electrons. The predicted molar refractivity (Wildman–Crippen MR) is 127 cm³/mol. The van der Waals surface area contributed by atoms with Gasteiger partial charge in [0.15, 0.2) is 4.96 Å². The minimum atomic E-state index is -3.67. The van der Waals surface area contributed by atoms with E-state index in [4.69, 9.17) is 4.74 Å². The molecule has 4 heterocycles. The lowest BCUT2D eigenvalue weighted by molar-refractivity contribution is -0.115. The maximum atomic E-state index is 13.2. The summed E-state index contributed by atoms with van der Waals surface area (Å²) >= 11 is 1.51. The van der Waals surface area contributed by atoms with Crippen LogP contribution in [0.4, 0.5) is 11.4 Å². The Balaban J connectivity index is 1.42. The van der Waals surface area contributed by atoms with E-state index in [-0.39, 0.29) is 17.2 Å². The van der Waals surface area contributed by atoms with Crippen molar-refractivity contribution in [1.82, 2.24) is 13.7 Å². The molecule has 2 saturated heterocycles. The Morgan fingerprint density at radius 3 is 2.67 bits per heavy atom. The summed E-state index contributed by atoms with van der Waals surface area (Å²) in [6, 6.07) is 5.06. The van der Waals surface area contributed by atoms with Gasteiger partial charge < -0.3 is 15.0 Å². The highest BCUT2D eigenvalue weighted by Crippen LogP contribution is 2.32. The van der Waals surface area contributed by atoms with Crippen LogP contribution < -0.4 is 10.2 Å². The average molecular weight is 490 g/mol. The molecule has 0 unspecified atom stereocenters. The van der Waals surface area contributed by atoms with Gasteiger partial charge in [0.1, 0.15) is 0 Å². The van der Waals surface area contributed by atoms with E-state index in [1.54, 1.807) is 12.1 Å². The first kappa shape index (κ1) is 22.3. The van der Waals surface area contributed by atoms with Gasteiger partial charge in [-0.15, -0.1) is 11.3 Å². The van der Waals surface area contributed by atoms with Crippen LogP contribution in [-0.2, 0) is 26.0 Å². The Bertz CT molecular complexity index is 1210. The molecule has 3 aromatic rings. The van der Waals surface area contributed by atoms with Crippen molar-refractivity contribution in [3.63, 3.8) is 0 Å². The number of rotatable bonds is 6. The van der Waals surface area contributed by atoms with Crippen molar-refractivity contribution in [1.29, 1.82) is 0 Å². The molecular weight excluding hydrogens is 462 g/mol. The number of thiazole rings is 1. The topological polar surface area (TPSA) is 96.2 Å². The van der Waals surface area contributed by atoms with Gasteiger partial charge >= 0.3 is 0 Å². The molecule has 0 bridgehead atoms. The second kappa shape index (κ2) is 9.41. The van der Waals surface area contributed by atoms with E-state index in [1.807, 2.05) is 28.2 Å². The number of imidazole rings is 1. The highest BCUT2D eigenvalue weighted by molar-refractivity contribution is 7.89. The summed E-state index contributed by atoms with van der Waals surface area (Å²) in [6.07, 6.45) is 7.20. The van der Waals surface area contributed by atoms with E-state index in [9.17, 15) is 13.2 Å². The average Bonchev–Trinajstić information content (AvgIpc) is 3.42. The summed E-state index contributed by atoms with van der Waals surface area (Å²) in [7, 11) is -3.67. The monoisotopic (exact) mass is 489 g/mol. The van der Waals surface area contributed by atoms with Crippen LogP contribution in [-0.4, -0.2) is 67.4 Å². The van der Waals surface area contributed by atoms with Gasteiger partial charge in [0.25, 0.3) is 0 Å². The second-order valence-corrected chi connectivity index (χ2v) is 11.1. The van der Waals surface area contributed by atoms with Crippen molar-refractivity contribution in [2.45, 2.75) is 30.6 Å². The molecular formula is C22H27N5O4S2. The van der Waals surface area contributed by atoms with Crippen LogP contribution in [0, 0.1) is 0 Å². The third kappa shape index (κ3) is 4.77. The highest BCUT2D eigenvalue weighted by atomic mass is 32.2. The molecule has 0 aliphatic carbocycles. The minimum Gasteiger partial charge on any atom is -0.379 e. The smallest absolute Gasteiger partial charge is 0.243 e. The van der Waals surface area contributed by atoms with Crippen LogP contribution in [0.25, 0.3) is 4.96 Å². The van der Waals surface area contributed by atoms with Crippen molar-refractivity contribution < 1.29 is 17.9 Å². The van der Waals surface area contributed by atoms with Crippen molar-refractivity contribution >= 4 is 43.6 Å². The van der Waals surface area contributed by atoms with E-state index in [1.165, 1.54) is 22.1 Å². The Hall–Kier alpha value is -2.47. The lowest BCUT2D eigenvalue weighted by Crippen LogP contribution is -2.40. The third-order valence-corrected chi connectivity index (χ3v) is 8.70. The van der Waals surface area contributed by atoms with Crippen LogP contribution >= 0.6 is 11.3 Å². The molecule has 11 heteroatoms. The first-order valence-electron chi connectivity index (χ1n) is 11.2. The Kier molecular flexibility index (Phi) is 6.37. The van der Waals surface area contributed by atoms with Crippen molar-refractivity contribution in [2.24, 2.45) is 0 Å². The molecule has 2 fully saturated rings. The number of amides is 1. The molecule has 0 spiro atoms. The fourth-order valence-corrected chi connectivity index (χ4v) is 6.50. The number of carbonyl (C=O) groups excluding carboxylic acids is 1. The Morgan fingerprint density at radius 1 is 1.12 bits per heavy atom. The molecule has 2 aromatic heterocycles. The maximum absolute atomic E-state index is 13.2. The van der Waals surface area contributed by atoms with Gasteiger partial charge in [-0.3, -0.25) is 9.20 Å². The molecule has 176 valence electrons. The highest BCUT2D eigenvalue weighted by Gasteiger charge is 2.28. The molecule has 0 saturated carbocycles. The zero-order chi connectivity index (χ0) is 22.8. The maximum Gasteiger partial charge on any atom is 0.243 e. The summed E-state index contributed by atoms with van der Waals surface area (Å²) in [5, 5.41) is 4.92.